The Morgan fingerprint density at radius 1 is 1.16 bits per heavy atom. The van der Waals surface area contributed by atoms with Gasteiger partial charge in [-0.05, 0) is 81.0 Å². The largest absolute Gasteiger partial charge is 0.236 e. The normalized spacial score (nSPS) is 20.9. The van der Waals surface area contributed by atoms with E-state index in [9.17, 15) is 4.39 Å². The zero-order chi connectivity index (χ0) is 17.6. The highest BCUT2D eigenvalue weighted by Gasteiger charge is 2.19. The molecule has 0 N–H and O–H groups in total. The Balaban J connectivity index is 1.54. The molecule has 1 aromatic heterocycles. The van der Waals surface area contributed by atoms with Crippen LogP contribution in [0.1, 0.15) is 44.6 Å². The van der Waals surface area contributed by atoms with E-state index in [2.05, 4.69) is 29.0 Å². The van der Waals surface area contributed by atoms with Gasteiger partial charge in [0.25, 0.3) is 0 Å². The van der Waals surface area contributed by atoms with E-state index in [0.717, 1.165) is 29.4 Å². The molecule has 4 heteroatoms. The molecule has 0 atom stereocenters. The molecular formula is C21H24ClFN2. The molecule has 1 aliphatic carbocycles. The van der Waals surface area contributed by atoms with Crippen molar-refractivity contribution in [2.75, 3.05) is 0 Å². The summed E-state index contributed by atoms with van der Waals surface area (Å²) in [5, 5.41) is 0.0960. The maximum atomic E-state index is 13.2. The third-order valence-corrected chi connectivity index (χ3v) is 5.37. The third-order valence-electron chi connectivity index (χ3n) is 5.08. The lowest BCUT2D eigenvalue weighted by molar-refractivity contribution is 0.296. The van der Waals surface area contributed by atoms with Gasteiger partial charge in [0.2, 0.25) is 0 Å². The highest BCUT2D eigenvalue weighted by Crippen LogP contribution is 2.32. The Hall–Kier alpha value is -1.74. The highest BCUT2D eigenvalue weighted by molar-refractivity contribution is 6.31. The number of benzene rings is 1. The molecule has 132 valence electrons. The molecule has 0 amide bonds. The van der Waals surface area contributed by atoms with Crippen LogP contribution in [0.5, 0.6) is 0 Å². The monoisotopic (exact) mass is 358 g/mol. The summed E-state index contributed by atoms with van der Waals surface area (Å²) in [6.45, 7) is 2.11. The van der Waals surface area contributed by atoms with Crippen LogP contribution >= 0.6 is 11.6 Å². The second-order valence-electron chi connectivity index (χ2n) is 6.89. The van der Waals surface area contributed by atoms with Crippen LogP contribution in [0, 0.1) is 17.7 Å². The Labute approximate surface area is 154 Å². The summed E-state index contributed by atoms with van der Waals surface area (Å²) in [4.78, 5) is 8.84. The topological polar surface area (TPSA) is 25.8 Å². The quantitative estimate of drug-likeness (QED) is 0.590. The van der Waals surface area contributed by atoms with Gasteiger partial charge in [0.15, 0.2) is 5.82 Å². The van der Waals surface area contributed by atoms with E-state index in [4.69, 9.17) is 11.6 Å². The van der Waals surface area contributed by atoms with Crippen LogP contribution in [0.4, 0.5) is 4.39 Å². The van der Waals surface area contributed by atoms with Crippen LogP contribution in [0.3, 0.4) is 0 Å². The van der Waals surface area contributed by atoms with Gasteiger partial charge < -0.3 is 0 Å². The maximum absolute atomic E-state index is 13.2. The van der Waals surface area contributed by atoms with Crippen molar-refractivity contribution in [2.45, 2.75) is 45.4 Å². The molecule has 0 unspecified atom stereocenters. The summed E-state index contributed by atoms with van der Waals surface area (Å²) >= 11 is 5.83. The molecular weight excluding hydrogens is 335 g/mol. The van der Waals surface area contributed by atoms with Crippen molar-refractivity contribution in [3.63, 3.8) is 0 Å². The molecule has 3 rings (SSSR count). The Kier molecular flexibility index (Phi) is 6.19. The van der Waals surface area contributed by atoms with Crippen LogP contribution in [-0.4, -0.2) is 9.97 Å². The lowest BCUT2D eigenvalue weighted by atomic mass is 9.79. The fraction of sp³-hybridized carbons (Fsp3) is 0.429. The predicted octanol–water partition coefficient (Wildman–Crippen LogP) is 6.25. The second kappa shape index (κ2) is 8.57. The molecule has 1 heterocycles. The zero-order valence-corrected chi connectivity index (χ0v) is 15.3. The first-order valence-electron chi connectivity index (χ1n) is 9.05. The van der Waals surface area contributed by atoms with E-state index >= 15 is 0 Å². The number of halogens is 2. The molecule has 1 fully saturated rings. The molecule has 0 spiro atoms. The SMILES string of the molecule is C/C=C/[C@H]1CC[C@H](CCc2cnc(-c3ccc(F)c(Cl)c3)nc2)CC1. The van der Waals surface area contributed by atoms with Gasteiger partial charge in [0, 0.05) is 18.0 Å². The molecule has 25 heavy (non-hydrogen) atoms. The third kappa shape index (κ3) is 4.88. The number of nitrogens with zero attached hydrogens (tertiary/aromatic N) is 2. The zero-order valence-electron chi connectivity index (χ0n) is 14.6. The molecule has 1 saturated carbocycles. The first-order valence-corrected chi connectivity index (χ1v) is 9.42. The summed E-state index contributed by atoms with van der Waals surface area (Å²) in [5.74, 6) is 1.76. The van der Waals surface area contributed by atoms with Crippen molar-refractivity contribution < 1.29 is 4.39 Å². The second-order valence-corrected chi connectivity index (χ2v) is 7.30. The summed E-state index contributed by atoms with van der Waals surface area (Å²) in [6.07, 6.45) is 15.8. The lowest BCUT2D eigenvalue weighted by Crippen LogP contribution is -2.13. The molecule has 2 aromatic rings. The average Bonchev–Trinajstić information content (AvgIpc) is 2.64. The van der Waals surface area contributed by atoms with Crippen molar-refractivity contribution in [3.8, 4) is 11.4 Å². The van der Waals surface area contributed by atoms with Gasteiger partial charge in [0.05, 0.1) is 5.02 Å². The van der Waals surface area contributed by atoms with E-state index in [-0.39, 0.29) is 5.02 Å². The first kappa shape index (κ1) is 18.1. The van der Waals surface area contributed by atoms with E-state index in [1.165, 1.54) is 38.2 Å². The number of hydrogen-bond acceptors (Lipinski definition) is 2. The highest BCUT2D eigenvalue weighted by atomic mass is 35.5. The van der Waals surface area contributed by atoms with Gasteiger partial charge in [-0.25, -0.2) is 14.4 Å². The molecule has 1 aromatic carbocycles. The van der Waals surface area contributed by atoms with Crippen molar-refractivity contribution in [1.29, 1.82) is 0 Å². The van der Waals surface area contributed by atoms with E-state index in [1.807, 2.05) is 12.4 Å². The van der Waals surface area contributed by atoms with Crippen LogP contribution in [0.15, 0.2) is 42.7 Å². The molecule has 1 aliphatic rings. The minimum Gasteiger partial charge on any atom is -0.236 e. The summed E-state index contributed by atoms with van der Waals surface area (Å²) in [6, 6.07) is 4.56. The molecule has 0 aliphatic heterocycles. The van der Waals surface area contributed by atoms with Crippen molar-refractivity contribution >= 4 is 11.6 Å². The number of aromatic nitrogens is 2. The van der Waals surface area contributed by atoms with Gasteiger partial charge >= 0.3 is 0 Å². The fourth-order valence-corrected chi connectivity index (χ4v) is 3.76. The van der Waals surface area contributed by atoms with Gasteiger partial charge in [-0.3, -0.25) is 0 Å². The first-order chi connectivity index (χ1) is 12.2. The minimum atomic E-state index is -0.425. The number of rotatable bonds is 5. The number of hydrogen-bond donors (Lipinski definition) is 0. The Bertz CT molecular complexity index is 719. The standard InChI is InChI=1S/C21H24ClFN2/c1-2-3-15-4-6-16(7-5-15)8-9-17-13-24-21(25-14-17)18-10-11-20(23)19(22)12-18/h2-3,10-16H,4-9H2,1H3/b3-2+/t15-,16-. The van der Waals surface area contributed by atoms with Gasteiger partial charge in [0.1, 0.15) is 5.82 Å². The van der Waals surface area contributed by atoms with E-state index in [0.29, 0.717) is 5.82 Å². The smallest absolute Gasteiger partial charge is 0.159 e. The fourth-order valence-electron chi connectivity index (χ4n) is 3.58. The van der Waals surface area contributed by atoms with Crippen molar-refractivity contribution in [1.82, 2.24) is 9.97 Å². The summed E-state index contributed by atoms with van der Waals surface area (Å²) in [7, 11) is 0. The van der Waals surface area contributed by atoms with Gasteiger partial charge in [-0.15, -0.1) is 0 Å². The van der Waals surface area contributed by atoms with Gasteiger partial charge in [-0.2, -0.15) is 0 Å². The van der Waals surface area contributed by atoms with Crippen LogP contribution in [0.25, 0.3) is 11.4 Å². The van der Waals surface area contributed by atoms with E-state index < -0.39 is 5.82 Å². The summed E-state index contributed by atoms with van der Waals surface area (Å²) in [5.41, 5.74) is 1.90. The maximum Gasteiger partial charge on any atom is 0.159 e. The van der Waals surface area contributed by atoms with Crippen molar-refractivity contribution in [2.24, 2.45) is 11.8 Å². The lowest BCUT2D eigenvalue weighted by Gasteiger charge is -2.26. The minimum absolute atomic E-state index is 0.0960. The van der Waals surface area contributed by atoms with E-state index in [1.54, 1.807) is 12.1 Å². The van der Waals surface area contributed by atoms with Crippen LogP contribution in [0.2, 0.25) is 5.02 Å². The molecule has 0 radical (unpaired) electrons. The molecule has 0 saturated heterocycles. The molecule has 2 nitrogen and oxygen atoms in total. The Morgan fingerprint density at radius 3 is 2.52 bits per heavy atom. The summed E-state index contributed by atoms with van der Waals surface area (Å²) < 4.78 is 13.2. The van der Waals surface area contributed by atoms with Gasteiger partial charge in [-0.1, -0.05) is 23.8 Å². The Morgan fingerprint density at radius 2 is 1.88 bits per heavy atom. The molecule has 0 bridgehead atoms. The number of allylic oxidation sites excluding steroid dienone is 2. The average molecular weight is 359 g/mol. The predicted molar refractivity (Wildman–Crippen MR) is 101 cm³/mol. The number of aryl methyl sites for hydroxylation is 1. The van der Waals surface area contributed by atoms with Crippen LogP contribution in [-0.2, 0) is 6.42 Å². The van der Waals surface area contributed by atoms with Crippen LogP contribution < -0.4 is 0 Å². The van der Waals surface area contributed by atoms with Crippen molar-refractivity contribution in [3.05, 3.63) is 59.1 Å².